The number of nitrogens with zero attached hydrogens (tertiary/aromatic N) is 3. The maximum atomic E-state index is 12.8. The molecular formula is C23H25N5O5S3. The molecule has 1 saturated heterocycles. The van der Waals surface area contributed by atoms with E-state index in [1.165, 1.54) is 47.4 Å². The van der Waals surface area contributed by atoms with E-state index in [2.05, 4.69) is 20.8 Å². The molecule has 0 aliphatic carbocycles. The van der Waals surface area contributed by atoms with E-state index in [1.807, 2.05) is 6.07 Å². The van der Waals surface area contributed by atoms with Crippen molar-refractivity contribution in [3.05, 3.63) is 54.1 Å². The second kappa shape index (κ2) is 11.8. The lowest BCUT2D eigenvalue weighted by Gasteiger charge is -2.25. The summed E-state index contributed by atoms with van der Waals surface area (Å²) >= 11 is 2.33. The van der Waals surface area contributed by atoms with Crippen LogP contribution in [0.3, 0.4) is 0 Å². The fraction of sp³-hybridized carbons (Fsp3) is 0.304. The van der Waals surface area contributed by atoms with E-state index in [1.54, 1.807) is 18.2 Å². The van der Waals surface area contributed by atoms with E-state index in [0.29, 0.717) is 34.4 Å². The fourth-order valence-corrected chi connectivity index (χ4v) is 6.65. The van der Waals surface area contributed by atoms with Gasteiger partial charge in [-0.15, -0.1) is 10.2 Å². The van der Waals surface area contributed by atoms with Gasteiger partial charge < -0.3 is 10.1 Å². The molecule has 2 amide bonds. The Morgan fingerprint density at radius 2 is 1.75 bits per heavy atom. The summed E-state index contributed by atoms with van der Waals surface area (Å²) < 4.78 is 32.8. The average Bonchev–Trinajstić information content (AvgIpc) is 3.35. The Balaban J connectivity index is 1.30. The Kier molecular flexibility index (Phi) is 8.56. The lowest BCUT2D eigenvalue weighted by Crippen LogP contribution is -2.35. The van der Waals surface area contributed by atoms with Crippen LogP contribution in [0.5, 0.6) is 5.75 Å². The summed E-state index contributed by atoms with van der Waals surface area (Å²) in [5.41, 5.74) is 0.874. The Hall–Kier alpha value is -3.00. The molecule has 2 N–H and O–H groups in total. The number of thioether (sulfide) groups is 1. The first-order valence-electron chi connectivity index (χ1n) is 11.2. The maximum absolute atomic E-state index is 12.8. The number of piperidine rings is 1. The largest absolute Gasteiger partial charge is 0.495 e. The van der Waals surface area contributed by atoms with Crippen molar-refractivity contribution in [2.45, 2.75) is 28.5 Å². The highest BCUT2D eigenvalue weighted by atomic mass is 32.2. The number of sulfonamides is 1. The lowest BCUT2D eigenvalue weighted by atomic mass is 10.2. The molecular weight excluding hydrogens is 522 g/mol. The molecule has 0 unspecified atom stereocenters. The van der Waals surface area contributed by atoms with Gasteiger partial charge in [0, 0.05) is 18.7 Å². The molecule has 4 rings (SSSR count). The van der Waals surface area contributed by atoms with Gasteiger partial charge >= 0.3 is 0 Å². The summed E-state index contributed by atoms with van der Waals surface area (Å²) in [7, 11) is -2.03. The summed E-state index contributed by atoms with van der Waals surface area (Å²) in [5.74, 6) is 0.00503. The van der Waals surface area contributed by atoms with Gasteiger partial charge in [-0.2, -0.15) is 4.31 Å². The minimum Gasteiger partial charge on any atom is -0.495 e. The van der Waals surface area contributed by atoms with Crippen molar-refractivity contribution in [1.29, 1.82) is 0 Å². The van der Waals surface area contributed by atoms with Crippen LogP contribution in [0.2, 0.25) is 0 Å². The van der Waals surface area contributed by atoms with Crippen molar-refractivity contribution in [2.75, 3.05) is 36.6 Å². The van der Waals surface area contributed by atoms with Gasteiger partial charge in [0.1, 0.15) is 5.75 Å². The highest BCUT2D eigenvalue weighted by Crippen LogP contribution is 2.28. The van der Waals surface area contributed by atoms with Crippen LogP contribution in [0.4, 0.5) is 10.8 Å². The van der Waals surface area contributed by atoms with E-state index in [0.717, 1.165) is 30.6 Å². The molecule has 2 aromatic carbocycles. The number of ether oxygens (including phenoxy) is 1. The number of carbonyl (C=O) groups is 2. The molecule has 1 aliphatic rings. The molecule has 0 atom stereocenters. The first kappa shape index (κ1) is 26.1. The standard InChI is InChI=1S/C23H25N5O5S3/c1-33-19-8-4-3-7-18(19)24-20(29)15-34-23-27-26-22(35-23)25-21(30)16-9-11-17(12-10-16)36(31,32)28-13-5-2-6-14-28/h3-4,7-12H,2,5-6,13-15H2,1H3,(H,24,29)(H,25,26,30). The van der Waals surface area contributed by atoms with Crippen molar-refractivity contribution >= 4 is 55.8 Å². The van der Waals surface area contributed by atoms with Gasteiger partial charge in [0.05, 0.1) is 23.4 Å². The van der Waals surface area contributed by atoms with Gasteiger partial charge in [-0.1, -0.05) is 41.7 Å². The number of hydrogen-bond acceptors (Lipinski definition) is 9. The van der Waals surface area contributed by atoms with Crippen LogP contribution in [-0.2, 0) is 14.8 Å². The van der Waals surface area contributed by atoms with Crippen LogP contribution < -0.4 is 15.4 Å². The molecule has 0 spiro atoms. The number of carbonyl (C=O) groups excluding carboxylic acids is 2. The predicted octanol–water partition coefficient (Wildman–Crippen LogP) is 3.70. The summed E-state index contributed by atoms with van der Waals surface area (Å²) in [6, 6.07) is 13.0. The number of hydrogen-bond donors (Lipinski definition) is 2. The Bertz CT molecular complexity index is 1320. The number of anilines is 2. The van der Waals surface area contributed by atoms with E-state index >= 15 is 0 Å². The first-order valence-corrected chi connectivity index (χ1v) is 14.4. The highest BCUT2D eigenvalue weighted by Gasteiger charge is 2.26. The van der Waals surface area contributed by atoms with E-state index in [-0.39, 0.29) is 21.7 Å². The fourth-order valence-electron chi connectivity index (χ4n) is 3.58. The molecule has 1 aromatic heterocycles. The SMILES string of the molecule is COc1ccccc1NC(=O)CSc1nnc(NC(=O)c2ccc(S(=O)(=O)N3CCCCC3)cc2)s1. The minimum atomic E-state index is -3.56. The van der Waals surface area contributed by atoms with Crippen LogP contribution in [-0.4, -0.2) is 60.7 Å². The molecule has 10 nitrogen and oxygen atoms in total. The van der Waals surface area contributed by atoms with Gasteiger partial charge in [-0.25, -0.2) is 8.42 Å². The average molecular weight is 548 g/mol. The zero-order valence-corrected chi connectivity index (χ0v) is 21.9. The van der Waals surface area contributed by atoms with E-state index in [9.17, 15) is 18.0 Å². The predicted molar refractivity (Wildman–Crippen MR) is 139 cm³/mol. The van der Waals surface area contributed by atoms with Crippen LogP contribution in [0.15, 0.2) is 57.8 Å². The quantitative estimate of drug-likeness (QED) is 0.306. The minimum absolute atomic E-state index is 0.105. The van der Waals surface area contributed by atoms with Gasteiger partial charge in [0.2, 0.25) is 21.1 Å². The van der Waals surface area contributed by atoms with E-state index < -0.39 is 15.9 Å². The molecule has 1 fully saturated rings. The number of nitrogens with one attached hydrogen (secondary N) is 2. The summed E-state index contributed by atoms with van der Waals surface area (Å²) in [4.78, 5) is 25.0. The molecule has 2 heterocycles. The second-order valence-corrected chi connectivity index (χ2v) is 12.0. The molecule has 36 heavy (non-hydrogen) atoms. The number of methoxy groups -OCH3 is 1. The molecule has 3 aromatic rings. The normalized spacial score (nSPS) is 14.2. The van der Waals surface area contributed by atoms with Crippen LogP contribution in [0, 0.1) is 0 Å². The van der Waals surface area contributed by atoms with Crippen LogP contribution in [0.1, 0.15) is 29.6 Å². The van der Waals surface area contributed by atoms with Crippen LogP contribution in [0.25, 0.3) is 0 Å². The monoisotopic (exact) mass is 547 g/mol. The van der Waals surface area contributed by atoms with Gasteiger partial charge in [-0.3, -0.25) is 14.9 Å². The Morgan fingerprint density at radius 3 is 2.47 bits per heavy atom. The number of para-hydroxylation sites is 2. The summed E-state index contributed by atoms with van der Waals surface area (Å²) in [6.07, 6.45) is 2.75. The zero-order chi connectivity index (χ0) is 25.5. The summed E-state index contributed by atoms with van der Waals surface area (Å²) in [5, 5.41) is 13.7. The number of rotatable bonds is 9. The first-order chi connectivity index (χ1) is 17.4. The number of benzene rings is 2. The molecule has 13 heteroatoms. The van der Waals surface area contributed by atoms with Crippen molar-refractivity contribution in [3.63, 3.8) is 0 Å². The molecule has 0 radical (unpaired) electrons. The summed E-state index contributed by atoms with van der Waals surface area (Å²) in [6.45, 7) is 1.04. The molecule has 1 aliphatic heterocycles. The maximum Gasteiger partial charge on any atom is 0.257 e. The topological polar surface area (TPSA) is 131 Å². The van der Waals surface area contributed by atoms with Crippen molar-refractivity contribution in [1.82, 2.24) is 14.5 Å². The molecule has 190 valence electrons. The molecule has 0 saturated carbocycles. The van der Waals surface area contributed by atoms with Gasteiger partial charge in [0.25, 0.3) is 5.91 Å². The Labute approximate surface area is 217 Å². The third kappa shape index (κ3) is 6.40. The number of amides is 2. The highest BCUT2D eigenvalue weighted by molar-refractivity contribution is 8.01. The van der Waals surface area contributed by atoms with Crippen molar-refractivity contribution in [2.24, 2.45) is 0 Å². The zero-order valence-electron chi connectivity index (χ0n) is 19.5. The second-order valence-electron chi connectivity index (χ2n) is 7.85. The van der Waals surface area contributed by atoms with Crippen molar-refractivity contribution in [3.8, 4) is 5.75 Å². The Morgan fingerprint density at radius 1 is 1.03 bits per heavy atom. The third-order valence-corrected chi connectivity index (χ3v) is 9.29. The van der Waals surface area contributed by atoms with E-state index in [4.69, 9.17) is 4.74 Å². The van der Waals surface area contributed by atoms with Crippen molar-refractivity contribution < 1.29 is 22.7 Å². The number of aromatic nitrogens is 2. The third-order valence-electron chi connectivity index (χ3n) is 5.40. The lowest BCUT2D eigenvalue weighted by molar-refractivity contribution is -0.113. The molecule has 0 bridgehead atoms. The smallest absolute Gasteiger partial charge is 0.257 e. The van der Waals surface area contributed by atoms with Gasteiger partial charge in [-0.05, 0) is 49.2 Å². The van der Waals surface area contributed by atoms with Crippen LogP contribution >= 0.6 is 23.1 Å². The van der Waals surface area contributed by atoms with Gasteiger partial charge in [0.15, 0.2) is 4.34 Å².